The summed E-state index contributed by atoms with van der Waals surface area (Å²) in [5.74, 6) is -0.140. The van der Waals surface area contributed by atoms with E-state index in [9.17, 15) is 14.7 Å². The Morgan fingerprint density at radius 1 is 1.14 bits per heavy atom. The number of nitrogens with one attached hydrogen (secondary N) is 1. The number of aromatic nitrogens is 1. The minimum atomic E-state index is -0.711. The first-order valence-corrected chi connectivity index (χ1v) is 14.9. The highest BCUT2D eigenvalue weighted by Gasteiger charge is 2.48. The molecule has 1 aliphatic carbocycles. The van der Waals surface area contributed by atoms with Crippen molar-refractivity contribution in [1.29, 1.82) is 0 Å². The topological polar surface area (TPSA) is 137 Å². The van der Waals surface area contributed by atoms with Crippen molar-refractivity contribution >= 4 is 40.8 Å². The van der Waals surface area contributed by atoms with Crippen LogP contribution in [0.25, 0.3) is 5.70 Å². The Morgan fingerprint density at radius 2 is 1.88 bits per heavy atom. The van der Waals surface area contributed by atoms with Crippen LogP contribution in [0, 0.1) is 5.41 Å². The van der Waals surface area contributed by atoms with Crippen LogP contribution in [-0.4, -0.2) is 87.6 Å². The number of aliphatic imine (C=N–C) groups is 1. The third kappa shape index (κ3) is 5.48. The molecule has 0 radical (unpaired) electrons. The zero-order chi connectivity index (χ0) is 30.3. The first-order valence-electron chi connectivity index (χ1n) is 14.5. The number of amidine groups is 1. The molecule has 4 heterocycles. The van der Waals surface area contributed by atoms with E-state index >= 15 is 0 Å². The number of aliphatic carboxylic acids is 1. The quantitative estimate of drug-likeness (QED) is 0.421. The van der Waals surface area contributed by atoms with Gasteiger partial charge in [0.2, 0.25) is 0 Å². The monoisotopic (exact) mass is 605 g/mol. The Bertz CT molecular complexity index is 1490. The first-order chi connectivity index (χ1) is 20.7. The Hall–Kier alpha value is -3.93. The summed E-state index contributed by atoms with van der Waals surface area (Å²) in [7, 11) is 1.99. The number of halogens is 1. The number of pyridine rings is 1. The van der Waals surface area contributed by atoms with Gasteiger partial charge >= 0.3 is 5.97 Å². The van der Waals surface area contributed by atoms with Crippen molar-refractivity contribution in [3.63, 3.8) is 0 Å². The largest absolute Gasteiger partial charge is 0.481 e. The predicted octanol–water partition coefficient (Wildman–Crippen LogP) is 3.72. The van der Waals surface area contributed by atoms with Crippen molar-refractivity contribution < 1.29 is 19.4 Å². The van der Waals surface area contributed by atoms with Crippen LogP contribution in [0.15, 0.2) is 70.7 Å². The molecule has 12 heteroatoms. The van der Waals surface area contributed by atoms with Gasteiger partial charge in [0, 0.05) is 43.5 Å². The summed E-state index contributed by atoms with van der Waals surface area (Å²) in [6.07, 6.45) is 5.68. The number of carbonyl (C=O) groups excluding carboxylic acids is 1. The van der Waals surface area contributed by atoms with Crippen molar-refractivity contribution in [2.45, 2.75) is 50.9 Å². The second-order valence-corrected chi connectivity index (χ2v) is 12.2. The molecule has 6 rings (SSSR count). The number of rotatable bonds is 6. The second kappa shape index (κ2) is 11.6. The van der Waals surface area contributed by atoms with Crippen LogP contribution in [0.1, 0.15) is 48.5 Å². The smallest absolute Gasteiger partial charge is 0.309 e. The van der Waals surface area contributed by atoms with Crippen LogP contribution in [0.3, 0.4) is 0 Å². The average Bonchev–Trinajstić information content (AvgIpc) is 3.33. The molecule has 1 unspecified atom stereocenters. The number of nitrogens with two attached hydrogens (primary N) is 1. The lowest BCUT2D eigenvalue weighted by Gasteiger charge is -2.46. The van der Waals surface area contributed by atoms with Gasteiger partial charge in [-0.1, -0.05) is 29.8 Å². The van der Waals surface area contributed by atoms with Gasteiger partial charge in [-0.2, -0.15) is 0 Å². The molecular weight excluding hydrogens is 570 g/mol. The maximum atomic E-state index is 12.8. The number of fused-ring (bicyclic) bond motifs is 1. The molecule has 0 spiro atoms. The van der Waals surface area contributed by atoms with Gasteiger partial charge in [0.25, 0.3) is 5.91 Å². The van der Waals surface area contributed by atoms with E-state index in [-0.39, 0.29) is 18.2 Å². The number of carboxylic acid groups (broad SMARTS) is 1. The highest BCUT2D eigenvalue weighted by Crippen LogP contribution is 2.43. The molecule has 4 N–H and O–H groups in total. The molecule has 4 aliphatic rings. The van der Waals surface area contributed by atoms with E-state index in [0.29, 0.717) is 60.1 Å². The number of benzene rings is 1. The lowest BCUT2D eigenvalue weighted by Crippen LogP contribution is -2.58. The normalized spacial score (nSPS) is 27.8. The highest BCUT2D eigenvalue weighted by molar-refractivity contribution is 6.30. The van der Waals surface area contributed by atoms with Crippen molar-refractivity contribution in [2.24, 2.45) is 16.1 Å². The SMILES string of the molecule is CN1C(c2ccc(C(=O)Nc3ccccn3)cc2)=C2C(N)=NC=C(Cl)N2C1[C@H]1CN(C2CCC(C)(C(=O)O)CC2)CCO1. The van der Waals surface area contributed by atoms with Gasteiger partial charge < -0.3 is 30.7 Å². The number of morpholine rings is 1. The van der Waals surface area contributed by atoms with Crippen LogP contribution >= 0.6 is 11.6 Å². The van der Waals surface area contributed by atoms with E-state index in [1.807, 2.05) is 37.1 Å². The maximum Gasteiger partial charge on any atom is 0.309 e. The molecule has 43 heavy (non-hydrogen) atoms. The number of anilines is 1. The second-order valence-electron chi connectivity index (χ2n) is 11.8. The van der Waals surface area contributed by atoms with Crippen molar-refractivity contribution in [3.8, 4) is 0 Å². The van der Waals surface area contributed by atoms with E-state index in [2.05, 4.69) is 25.1 Å². The summed E-state index contributed by atoms with van der Waals surface area (Å²) in [5.41, 5.74) is 8.71. The van der Waals surface area contributed by atoms with Crippen molar-refractivity contribution in [1.82, 2.24) is 19.7 Å². The summed E-state index contributed by atoms with van der Waals surface area (Å²) < 4.78 is 6.39. The first kappa shape index (κ1) is 29.2. The zero-order valence-corrected chi connectivity index (χ0v) is 25.0. The Labute approximate surface area is 255 Å². The van der Waals surface area contributed by atoms with Crippen LogP contribution in [0.4, 0.5) is 5.82 Å². The minimum Gasteiger partial charge on any atom is -0.481 e. The van der Waals surface area contributed by atoms with E-state index in [1.54, 1.807) is 36.7 Å². The molecule has 1 aromatic carbocycles. The summed E-state index contributed by atoms with van der Waals surface area (Å²) in [4.78, 5) is 39.7. The van der Waals surface area contributed by atoms with Gasteiger partial charge in [-0.25, -0.2) is 9.98 Å². The molecule has 2 aromatic rings. The highest BCUT2D eigenvalue weighted by atomic mass is 35.5. The number of hydrogen-bond donors (Lipinski definition) is 3. The van der Waals surface area contributed by atoms with Gasteiger partial charge in [0.1, 0.15) is 34.8 Å². The molecule has 11 nitrogen and oxygen atoms in total. The van der Waals surface area contributed by atoms with Gasteiger partial charge in [0.05, 0.1) is 23.9 Å². The maximum absolute atomic E-state index is 12.8. The number of likely N-dealkylation sites (N-methyl/N-ethyl adjacent to an activating group) is 1. The number of carbonyl (C=O) groups is 2. The Morgan fingerprint density at radius 3 is 2.56 bits per heavy atom. The fraction of sp³-hybridized carbons (Fsp3) is 0.419. The molecule has 3 aliphatic heterocycles. The van der Waals surface area contributed by atoms with Gasteiger partial charge in [-0.3, -0.25) is 14.5 Å². The number of nitrogens with zero attached hydrogens (tertiary/aromatic N) is 5. The summed E-state index contributed by atoms with van der Waals surface area (Å²) in [5, 5.41) is 12.9. The third-order valence-electron chi connectivity index (χ3n) is 9.14. The minimum absolute atomic E-state index is 0.226. The standard InChI is InChI=1S/C31H36ClN7O4/c1-31(30(41)42)12-10-21(11-13-31)38-15-16-43-22(18-38)29-37(2)25(26-27(33)35-17-23(32)39(26)29)19-6-8-20(9-7-19)28(40)36-24-5-3-4-14-34-24/h3-9,14,17,21-22,29H,10-13,15-16,18H2,1-2H3,(H2,33,35)(H,41,42)(H,34,36,40)/t21?,22-,29?,31?/m1/s1. The third-order valence-corrected chi connectivity index (χ3v) is 9.42. The molecule has 1 amide bonds. The summed E-state index contributed by atoms with van der Waals surface area (Å²) >= 11 is 6.78. The van der Waals surface area contributed by atoms with E-state index in [1.165, 1.54) is 0 Å². The van der Waals surface area contributed by atoms with Crippen LogP contribution < -0.4 is 11.1 Å². The number of hydrogen-bond acceptors (Lipinski definition) is 9. The summed E-state index contributed by atoms with van der Waals surface area (Å²) in [6.45, 7) is 3.88. The van der Waals surface area contributed by atoms with Crippen molar-refractivity contribution in [2.75, 3.05) is 32.1 Å². The molecule has 226 valence electrons. The van der Waals surface area contributed by atoms with Crippen LogP contribution in [0.5, 0.6) is 0 Å². The van der Waals surface area contributed by atoms with E-state index in [0.717, 1.165) is 30.6 Å². The number of ether oxygens (including phenoxy) is 1. The zero-order valence-electron chi connectivity index (χ0n) is 24.2. The van der Waals surface area contributed by atoms with Gasteiger partial charge in [-0.15, -0.1) is 0 Å². The molecule has 0 bridgehead atoms. The number of carboxylic acids is 1. The molecule has 2 atom stereocenters. The lowest BCUT2D eigenvalue weighted by molar-refractivity contribution is -0.151. The molecule has 1 aromatic heterocycles. The molecule has 2 fully saturated rings. The Balaban J connectivity index is 1.23. The van der Waals surface area contributed by atoms with Crippen LogP contribution in [-0.2, 0) is 9.53 Å². The van der Waals surface area contributed by atoms with E-state index in [4.69, 9.17) is 22.1 Å². The molecular formula is C31H36ClN7O4. The summed E-state index contributed by atoms with van der Waals surface area (Å²) in [6, 6.07) is 13.0. The molecule has 1 saturated carbocycles. The fourth-order valence-corrected chi connectivity index (χ4v) is 6.86. The average molecular weight is 606 g/mol. The van der Waals surface area contributed by atoms with Crippen LogP contribution in [0.2, 0.25) is 0 Å². The van der Waals surface area contributed by atoms with Crippen molar-refractivity contribution in [3.05, 3.63) is 76.8 Å². The lowest BCUT2D eigenvalue weighted by atomic mass is 9.73. The fourth-order valence-electron chi connectivity index (χ4n) is 6.63. The Kier molecular flexibility index (Phi) is 7.89. The number of amides is 1. The van der Waals surface area contributed by atoms with Gasteiger partial charge in [-0.05, 0) is 56.9 Å². The predicted molar refractivity (Wildman–Crippen MR) is 164 cm³/mol. The van der Waals surface area contributed by atoms with Gasteiger partial charge in [0.15, 0.2) is 0 Å². The molecule has 1 saturated heterocycles. The van der Waals surface area contributed by atoms with E-state index < -0.39 is 11.4 Å².